The number of hydrogen-bond acceptors (Lipinski definition) is 8. The van der Waals surface area contributed by atoms with Gasteiger partial charge in [0.1, 0.15) is 6.04 Å². The Morgan fingerprint density at radius 1 is 1.04 bits per heavy atom. The highest BCUT2D eigenvalue weighted by Crippen LogP contribution is 2.19. The summed E-state index contributed by atoms with van der Waals surface area (Å²) in [6, 6.07) is -1.37. The van der Waals surface area contributed by atoms with Gasteiger partial charge in [-0.05, 0) is 0 Å². The van der Waals surface area contributed by atoms with Gasteiger partial charge >= 0.3 is 17.9 Å². The third-order valence-corrected chi connectivity index (χ3v) is 2.99. The molecule has 0 radical (unpaired) electrons. The molecule has 0 aromatic rings. The minimum atomic E-state index is -1.46. The minimum absolute atomic E-state index is 0.632. The lowest BCUT2D eigenvalue weighted by Crippen LogP contribution is -2.53. The molecule has 2 atom stereocenters. The number of hydrogen-bond donors (Lipinski definition) is 2. The molecule has 0 unspecified atom stereocenters. The van der Waals surface area contributed by atoms with Crippen LogP contribution in [0.2, 0.25) is 0 Å². The van der Waals surface area contributed by atoms with E-state index in [-0.39, 0.29) is 0 Å². The predicted octanol–water partition coefficient (Wildman–Crippen LogP) is -1.88. The summed E-state index contributed by atoms with van der Waals surface area (Å²) in [6.07, 6.45) is 0. The summed E-state index contributed by atoms with van der Waals surface area (Å²) in [7, 11) is 2.12. The zero-order chi connectivity index (χ0) is 18.2. The van der Waals surface area contributed by atoms with E-state index in [1.54, 1.807) is 0 Å². The van der Waals surface area contributed by atoms with Crippen LogP contribution < -0.4 is 11.1 Å². The van der Waals surface area contributed by atoms with Gasteiger partial charge in [0.15, 0.2) is 12.5 Å². The van der Waals surface area contributed by atoms with Crippen molar-refractivity contribution in [1.82, 2.24) is 5.32 Å². The number of nitrogens with one attached hydrogen (secondary N) is 1. The molecule has 2 amide bonds. The zero-order valence-electron chi connectivity index (χ0n) is 13.3. The highest BCUT2D eigenvalue weighted by Gasteiger charge is 2.41. The summed E-state index contributed by atoms with van der Waals surface area (Å²) < 4.78 is 13.5. The van der Waals surface area contributed by atoms with E-state index in [2.05, 4.69) is 19.5 Å². The van der Waals surface area contributed by atoms with Crippen LogP contribution in [0, 0.1) is 11.8 Å². The van der Waals surface area contributed by atoms with Gasteiger partial charge in [-0.2, -0.15) is 0 Å². The molecular formula is C13H20N2O8. The van der Waals surface area contributed by atoms with Crippen LogP contribution in [-0.2, 0) is 38.2 Å². The van der Waals surface area contributed by atoms with Gasteiger partial charge in [0.05, 0.1) is 14.2 Å². The van der Waals surface area contributed by atoms with Gasteiger partial charge in [-0.15, -0.1) is 0 Å². The number of esters is 3. The van der Waals surface area contributed by atoms with Crippen molar-refractivity contribution in [3.63, 3.8) is 0 Å². The lowest BCUT2D eigenvalue weighted by molar-refractivity contribution is -0.162. The molecule has 0 saturated heterocycles. The molecule has 0 aliphatic rings. The van der Waals surface area contributed by atoms with Gasteiger partial charge in [-0.1, -0.05) is 6.92 Å². The maximum absolute atomic E-state index is 11.7. The molecule has 10 heteroatoms. The number of carbonyl (C=O) groups is 5. The fourth-order valence-corrected chi connectivity index (χ4v) is 1.82. The summed E-state index contributed by atoms with van der Waals surface area (Å²) in [5.41, 5.74) is 5.20. The summed E-state index contributed by atoms with van der Waals surface area (Å²) in [6.45, 7) is 1.82. The maximum atomic E-state index is 11.7. The molecule has 0 aliphatic heterocycles. The monoisotopic (exact) mass is 332 g/mol. The van der Waals surface area contributed by atoms with Crippen molar-refractivity contribution in [3.05, 3.63) is 0 Å². The van der Waals surface area contributed by atoms with Crippen LogP contribution in [0.15, 0.2) is 0 Å². The van der Waals surface area contributed by atoms with E-state index in [4.69, 9.17) is 5.73 Å². The van der Waals surface area contributed by atoms with E-state index in [9.17, 15) is 24.0 Å². The van der Waals surface area contributed by atoms with Crippen LogP contribution >= 0.6 is 0 Å². The molecular weight excluding hydrogens is 312 g/mol. The number of primary amides is 1. The van der Waals surface area contributed by atoms with Crippen LogP contribution in [0.4, 0.5) is 0 Å². The van der Waals surface area contributed by atoms with Gasteiger partial charge in [0.2, 0.25) is 5.91 Å². The predicted molar refractivity (Wildman–Crippen MR) is 74.4 cm³/mol. The first kappa shape index (κ1) is 20.3. The molecule has 0 rings (SSSR count). The number of carbonyl (C=O) groups excluding carboxylic acids is 5. The Kier molecular flexibility index (Phi) is 8.30. The Labute approximate surface area is 132 Å². The summed E-state index contributed by atoms with van der Waals surface area (Å²) >= 11 is 0. The standard InChI is InChI=1S/C13H20N2O8/c1-6(9(12(19)21-3)13(20)22-4)10(11(14)18)15-8(17)5-23-7(2)16/h6,9-10H,5H2,1-4H3,(H2,14,18)(H,15,17)/t6-,10-/m1/s1. The Morgan fingerprint density at radius 2 is 1.52 bits per heavy atom. The Bertz CT molecular complexity index is 474. The van der Waals surface area contributed by atoms with Gasteiger partial charge in [-0.3, -0.25) is 24.0 Å². The van der Waals surface area contributed by atoms with Crippen molar-refractivity contribution >= 4 is 29.7 Å². The molecule has 0 saturated carbocycles. The Balaban J connectivity index is 5.21. The van der Waals surface area contributed by atoms with Crippen molar-refractivity contribution in [2.75, 3.05) is 20.8 Å². The van der Waals surface area contributed by atoms with E-state index in [0.717, 1.165) is 21.1 Å². The number of nitrogens with two attached hydrogens (primary N) is 1. The molecule has 0 spiro atoms. The number of methoxy groups -OCH3 is 2. The second kappa shape index (κ2) is 9.38. The molecule has 0 aliphatic carbocycles. The lowest BCUT2D eigenvalue weighted by Gasteiger charge is -2.26. The topological polar surface area (TPSA) is 151 Å². The largest absolute Gasteiger partial charge is 0.468 e. The maximum Gasteiger partial charge on any atom is 0.320 e. The van der Waals surface area contributed by atoms with Gasteiger partial charge < -0.3 is 25.3 Å². The Hall–Kier alpha value is -2.65. The third kappa shape index (κ3) is 6.32. The second-order valence-corrected chi connectivity index (χ2v) is 4.61. The molecule has 0 heterocycles. The van der Waals surface area contributed by atoms with Crippen molar-refractivity contribution in [3.8, 4) is 0 Å². The van der Waals surface area contributed by atoms with Crippen LogP contribution in [0.3, 0.4) is 0 Å². The van der Waals surface area contributed by atoms with Gasteiger partial charge in [-0.25, -0.2) is 0 Å². The average molecular weight is 332 g/mol. The Morgan fingerprint density at radius 3 is 1.87 bits per heavy atom. The fraction of sp³-hybridized carbons (Fsp3) is 0.615. The molecule has 0 aromatic heterocycles. The zero-order valence-corrected chi connectivity index (χ0v) is 13.3. The fourth-order valence-electron chi connectivity index (χ4n) is 1.82. The van der Waals surface area contributed by atoms with Gasteiger partial charge in [0, 0.05) is 12.8 Å². The quantitative estimate of drug-likeness (QED) is 0.298. The molecule has 0 aromatic carbocycles. The molecule has 0 fully saturated rings. The smallest absolute Gasteiger partial charge is 0.320 e. The summed E-state index contributed by atoms with van der Waals surface area (Å²) in [5, 5.41) is 2.20. The first-order chi connectivity index (χ1) is 10.6. The van der Waals surface area contributed by atoms with Crippen molar-refractivity contribution in [2.24, 2.45) is 17.6 Å². The van der Waals surface area contributed by atoms with E-state index in [1.807, 2.05) is 0 Å². The van der Waals surface area contributed by atoms with Crippen LogP contribution in [0.5, 0.6) is 0 Å². The summed E-state index contributed by atoms with van der Waals surface area (Å²) in [5.74, 6) is -6.87. The lowest BCUT2D eigenvalue weighted by atomic mass is 9.87. The third-order valence-electron chi connectivity index (χ3n) is 2.99. The number of rotatable bonds is 8. The van der Waals surface area contributed by atoms with Crippen molar-refractivity contribution in [1.29, 1.82) is 0 Å². The SMILES string of the molecule is COC(=O)C(C(=O)OC)[C@@H](C)[C@@H](NC(=O)COC(C)=O)C(N)=O. The number of ether oxygens (including phenoxy) is 3. The van der Waals surface area contributed by atoms with Crippen LogP contribution in [0.25, 0.3) is 0 Å². The first-order valence-corrected chi connectivity index (χ1v) is 6.53. The first-order valence-electron chi connectivity index (χ1n) is 6.53. The van der Waals surface area contributed by atoms with Gasteiger partial charge in [0.25, 0.3) is 5.91 Å². The van der Waals surface area contributed by atoms with E-state index >= 15 is 0 Å². The highest BCUT2D eigenvalue weighted by molar-refractivity contribution is 5.97. The average Bonchev–Trinajstić information content (AvgIpc) is 2.49. The summed E-state index contributed by atoms with van der Waals surface area (Å²) in [4.78, 5) is 57.3. The van der Waals surface area contributed by atoms with E-state index in [0.29, 0.717) is 0 Å². The van der Waals surface area contributed by atoms with E-state index < -0.39 is 54.2 Å². The van der Waals surface area contributed by atoms with Crippen LogP contribution in [-0.4, -0.2) is 56.6 Å². The minimum Gasteiger partial charge on any atom is -0.468 e. The van der Waals surface area contributed by atoms with Crippen molar-refractivity contribution < 1.29 is 38.2 Å². The number of amides is 2. The van der Waals surface area contributed by atoms with Crippen LogP contribution in [0.1, 0.15) is 13.8 Å². The molecule has 10 nitrogen and oxygen atoms in total. The molecule has 3 N–H and O–H groups in total. The second-order valence-electron chi connectivity index (χ2n) is 4.61. The molecule has 23 heavy (non-hydrogen) atoms. The van der Waals surface area contributed by atoms with E-state index in [1.165, 1.54) is 6.92 Å². The normalized spacial score (nSPS) is 12.7. The van der Waals surface area contributed by atoms with Crippen molar-refractivity contribution in [2.45, 2.75) is 19.9 Å². The molecule has 130 valence electrons. The molecule has 0 bridgehead atoms. The highest BCUT2D eigenvalue weighted by atomic mass is 16.5.